The number of hydrogen-bond donors (Lipinski definition) is 0. The number of rotatable bonds is 6. The van der Waals surface area contributed by atoms with Gasteiger partial charge in [0, 0.05) is 19.6 Å². The van der Waals surface area contributed by atoms with Crippen molar-refractivity contribution in [3.63, 3.8) is 0 Å². The van der Waals surface area contributed by atoms with Crippen LogP contribution in [0.4, 0.5) is 0 Å². The first-order valence-corrected chi connectivity index (χ1v) is 10.6. The molecule has 1 atom stereocenters. The molecule has 0 spiro atoms. The zero-order valence-electron chi connectivity index (χ0n) is 15.1. The highest BCUT2D eigenvalue weighted by molar-refractivity contribution is 7.90. The van der Waals surface area contributed by atoms with Crippen molar-refractivity contribution in [3.05, 3.63) is 47.6 Å². The molecule has 1 amide bonds. The Morgan fingerprint density at radius 3 is 2.56 bits per heavy atom. The highest BCUT2D eigenvalue weighted by Crippen LogP contribution is 2.34. The lowest BCUT2D eigenvalue weighted by atomic mass is 10.1. The Kier molecular flexibility index (Phi) is 4.73. The highest BCUT2D eigenvalue weighted by Gasteiger charge is 2.48. The van der Waals surface area contributed by atoms with E-state index in [0.29, 0.717) is 31.8 Å². The fraction of sp³-hybridized carbons (Fsp3) is 0.500. The van der Waals surface area contributed by atoms with E-state index in [-0.39, 0.29) is 30.0 Å². The molecule has 1 aromatic carbocycles. The van der Waals surface area contributed by atoms with Crippen LogP contribution in [0.5, 0.6) is 0 Å². The molecular formula is C18H22N4O4S. The van der Waals surface area contributed by atoms with Crippen molar-refractivity contribution < 1.29 is 17.7 Å². The summed E-state index contributed by atoms with van der Waals surface area (Å²) in [4.78, 5) is 19.0. The first kappa shape index (κ1) is 18.1. The van der Waals surface area contributed by atoms with E-state index in [1.54, 1.807) is 11.8 Å². The quantitative estimate of drug-likeness (QED) is 0.733. The minimum atomic E-state index is -3.48. The van der Waals surface area contributed by atoms with Crippen LogP contribution in [0.3, 0.4) is 0 Å². The summed E-state index contributed by atoms with van der Waals surface area (Å²) in [5.74, 6) is 0.527. The molecule has 2 heterocycles. The van der Waals surface area contributed by atoms with Gasteiger partial charge < -0.3 is 9.42 Å². The van der Waals surface area contributed by atoms with Crippen molar-refractivity contribution in [2.45, 2.75) is 44.0 Å². The van der Waals surface area contributed by atoms with Crippen LogP contribution in [0.25, 0.3) is 0 Å². The predicted octanol–water partition coefficient (Wildman–Crippen LogP) is 1.13. The third kappa shape index (κ3) is 3.74. The number of piperazine rings is 1. The van der Waals surface area contributed by atoms with Crippen LogP contribution in [0.15, 0.2) is 34.9 Å². The lowest BCUT2D eigenvalue weighted by Gasteiger charge is -2.39. The average Bonchev–Trinajstić information content (AvgIpc) is 3.43. The molecular weight excluding hydrogens is 368 g/mol. The summed E-state index contributed by atoms with van der Waals surface area (Å²) >= 11 is 0. The van der Waals surface area contributed by atoms with Crippen molar-refractivity contribution in [2.24, 2.45) is 0 Å². The summed E-state index contributed by atoms with van der Waals surface area (Å²) in [7, 11) is -3.48. The van der Waals surface area contributed by atoms with Gasteiger partial charge in [0.2, 0.25) is 21.8 Å². The third-order valence-corrected chi connectivity index (χ3v) is 7.37. The molecule has 1 aromatic heterocycles. The molecule has 2 aliphatic rings. The van der Waals surface area contributed by atoms with Crippen molar-refractivity contribution in [1.82, 2.24) is 19.3 Å². The molecule has 144 valence electrons. The molecule has 1 saturated carbocycles. The summed E-state index contributed by atoms with van der Waals surface area (Å²) in [5.41, 5.74) is 1.01. The second-order valence-electron chi connectivity index (χ2n) is 7.06. The van der Waals surface area contributed by atoms with Gasteiger partial charge in [-0.1, -0.05) is 35.5 Å². The number of carbonyl (C=O) groups excluding carboxylic acids is 1. The van der Waals surface area contributed by atoms with Crippen molar-refractivity contribution >= 4 is 15.9 Å². The fourth-order valence-corrected chi connectivity index (χ4v) is 5.39. The average molecular weight is 390 g/mol. The molecule has 0 N–H and O–H groups in total. The lowest BCUT2D eigenvalue weighted by Crippen LogP contribution is -2.59. The van der Waals surface area contributed by atoms with E-state index in [1.807, 2.05) is 30.3 Å². The number of aromatic nitrogens is 2. The number of aryl methyl sites for hydroxylation is 1. The van der Waals surface area contributed by atoms with Crippen molar-refractivity contribution in [3.8, 4) is 0 Å². The minimum Gasteiger partial charge on any atom is -0.339 e. The predicted molar refractivity (Wildman–Crippen MR) is 97.0 cm³/mol. The standard InChI is InChI=1S/C18H22N4O4S/c1-13-19-17(26-20-13)11-16-18(23)21(12-14-5-3-2-4-6-14)9-10-22(16)27(24,25)15-7-8-15/h2-6,15-16H,7-12H2,1H3. The molecule has 0 bridgehead atoms. The Balaban J connectivity index is 1.59. The number of amides is 1. The van der Waals surface area contributed by atoms with Gasteiger partial charge >= 0.3 is 0 Å². The van der Waals surface area contributed by atoms with Crippen molar-refractivity contribution in [1.29, 1.82) is 0 Å². The molecule has 9 heteroatoms. The Bertz CT molecular complexity index is 924. The molecule has 8 nitrogen and oxygen atoms in total. The topological polar surface area (TPSA) is 96.6 Å². The maximum atomic E-state index is 13.2. The SMILES string of the molecule is Cc1noc(CC2C(=O)N(Cc3ccccc3)CCN2S(=O)(=O)C2CC2)n1. The van der Waals surface area contributed by atoms with Crippen LogP contribution >= 0.6 is 0 Å². The van der Waals surface area contributed by atoms with Gasteiger partial charge in [-0.3, -0.25) is 4.79 Å². The van der Waals surface area contributed by atoms with E-state index in [2.05, 4.69) is 10.1 Å². The zero-order chi connectivity index (χ0) is 19.0. The third-order valence-electron chi connectivity index (χ3n) is 4.96. The summed E-state index contributed by atoms with van der Waals surface area (Å²) < 4.78 is 32.2. The molecule has 2 aromatic rings. The molecule has 1 aliphatic heterocycles. The maximum absolute atomic E-state index is 13.2. The van der Waals surface area contributed by atoms with E-state index < -0.39 is 16.1 Å². The van der Waals surface area contributed by atoms with Gasteiger partial charge in [-0.05, 0) is 25.3 Å². The van der Waals surface area contributed by atoms with Crippen LogP contribution in [0.2, 0.25) is 0 Å². The van der Waals surface area contributed by atoms with E-state index in [1.165, 1.54) is 4.31 Å². The van der Waals surface area contributed by atoms with Crippen LogP contribution in [0, 0.1) is 6.92 Å². The summed E-state index contributed by atoms with van der Waals surface area (Å²) in [5, 5.41) is 3.39. The smallest absolute Gasteiger partial charge is 0.241 e. The number of sulfonamides is 1. The van der Waals surface area contributed by atoms with Crippen LogP contribution < -0.4 is 0 Å². The normalized spacial score (nSPS) is 21.6. The largest absolute Gasteiger partial charge is 0.339 e. The Morgan fingerprint density at radius 2 is 1.93 bits per heavy atom. The van der Waals surface area contributed by atoms with E-state index in [9.17, 15) is 13.2 Å². The zero-order valence-corrected chi connectivity index (χ0v) is 15.9. The van der Waals surface area contributed by atoms with Gasteiger partial charge in [0.1, 0.15) is 6.04 Å². The molecule has 2 fully saturated rings. The number of carbonyl (C=O) groups is 1. The van der Waals surface area contributed by atoms with Gasteiger partial charge in [0.25, 0.3) is 0 Å². The lowest BCUT2D eigenvalue weighted by molar-refractivity contribution is -0.139. The molecule has 1 unspecified atom stereocenters. The Hall–Kier alpha value is -2.26. The second-order valence-corrected chi connectivity index (χ2v) is 9.22. The van der Waals surface area contributed by atoms with Crippen LogP contribution in [0.1, 0.15) is 30.1 Å². The number of benzene rings is 1. The van der Waals surface area contributed by atoms with Gasteiger partial charge in [-0.15, -0.1) is 0 Å². The summed E-state index contributed by atoms with van der Waals surface area (Å²) in [6.07, 6.45) is 1.41. The molecule has 1 saturated heterocycles. The Labute approximate surface area is 158 Å². The first-order valence-electron chi connectivity index (χ1n) is 9.07. The van der Waals surface area contributed by atoms with E-state index >= 15 is 0 Å². The highest BCUT2D eigenvalue weighted by atomic mass is 32.2. The van der Waals surface area contributed by atoms with E-state index in [4.69, 9.17) is 4.52 Å². The summed E-state index contributed by atoms with van der Waals surface area (Å²) in [6, 6.07) is 8.84. The first-order chi connectivity index (χ1) is 12.9. The fourth-order valence-electron chi connectivity index (χ4n) is 3.42. The van der Waals surface area contributed by atoms with Crippen LogP contribution in [-0.2, 0) is 27.8 Å². The van der Waals surface area contributed by atoms with E-state index in [0.717, 1.165) is 5.56 Å². The number of nitrogens with zero attached hydrogens (tertiary/aromatic N) is 4. The maximum Gasteiger partial charge on any atom is 0.241 e. The molecule has 27 heavy (non-hydrogen) atoms. The Morgan fingerprint density at radius 1 is 1.19 bits per heavy atom. The number of hydrogen-bond acceptors (Lipinski definition) is 6. The minimum absolute atomic E-state index is 0.0942. The molecule has 4 rings (SSSR count). The molecule has 0 radical (unpaired) electrons. The monoisotopic (exact) mass is 390 g/mol. The van der Waals surface area contributed by atoms with Gasteiger partial charge in [0.05, 0.1) is 11.7 Å². The molecule has 1 aliphatic carbocycles. The van der Waals surface area contributed by atoms with Crippen LogP contribution in [-0.4, -0.2) is 58.1 Å². The van der Waals surface area contributed by atoms with Crippen molar-refractivity contribution in [2.75, 3.05) is 13.1 Å². The second kappa shape index (κ2) is 7.05. The van der Waals surface area contributed by atoms with Gasteiger partial charge in [-0.25, -0.2) is 8.42 Å². The van der Waals surface area contributed by atoms with Gasteiger partial charge in [-0.2, -0.15) is 9.29 Å². The summed E-state index contributed by atoms with van der Waals surface area (Å²) in [6.45, 7) is 2.81. The van der Waals surface area contributed by atoms with Gasteiger partial charge in [0.15, 0.2) is 5.82 Å².